The fourth-order valence-corrected chi connectivity index (χ4v) is 4.95. The van der Waals surface area contributed by atoms with E-state index in [0.29, 0.717) is 31.5 Å². The number of esters is 1. The molecule has 2 aliphatic heterocycles. The maximum absolute atomic E-state index is 13.2. The largest absolute Gasteiger partial charge is 0.462 e. The van der Waals surface area contributed by atoms with Gasteiger partial charge in [0.05, 0.1) is 17.2 Å². The van der Waals surface area contributed by atoms with Crippen LogP contribution in [0.2, 0.25) is 0 Å². The molecule has 0 aromatic carbocycles. The molecule has 4 rings (SSSR count). The quantitative estimate of drug-likeness (QED) is 0.556. The van der Waals surface area contributed by atoms with E-state index in [2.05, 4.69) is 20.1 Å². The molecule has 4 heterocycles. The van der Waals surface area contributed by atoms with Crippen LogP contribution in [-0.4, -0.2) is 92.1 Å². The Hall–Kier alpha value is -2.82. The van der Waals surface area contributed by atoms with Crippen LogP contribution in [0.1, 0.15) is 54.7 Å². The third-order valence-electron chi connectivity index (χ3n) is 7.23. The molecule has 0 bridgehead atoms. The molecule has 2 aliphatic rings. The lowest BCUT2D eigenvalue weighted by molar-refractivity contribution is -0.165. The highest BCUT2D eigenvalue weighted by molar-refractivity contribution is 5.92. The summed E-state index contributed by atoms with van der Waals surface area (Å²) in [6, 6.07) is 7.49. The Labute approximate surface area is 205 Å². The summed E-state index contributed by atoms with van der Waals surface area (Å²) in [6.07, 6.45) is 4.68. The van der Waals surface area contributed by atoms with E-state index in [4.69, 9.17) is 4.74 Å². The van der Waals surface area contributed by atoms with E-state index in [1.807, 2.05) is 18.2 Å². The number of aromatic amines is 1. The number of aliphatic hydroxyl groups is 2. The van der Waals surface area contributed by atoms with Gasteiger partial charge >= 0.3 is 5.97 Å². The van der Waals surface area contributed by atoms with Gasteiger partial charge in [0.1, 0.15) is 18.4 Å². The first-order valence-electron chi connectivity index (χ1n) is 12.4. The maximum Gasteiger partial charge on any atom is 0.312 e. The number of pyridine rings is 1. The average Bonchev–Trinajstić information content (AvgIpc) is 3.42. The molecule has 0 radical (unpaired) electrons. The zero-order valence-corrected chi connectivity index (χ0v) is 20.0. The second-order valence-corrected chi connectivity index (χ2v) is 9.62. The van der Waals surface area contributed by atoms with Crippen LogP contribution in [0.5, 0.6) is 0 Å². The molecule has 1 amide bonds. The van der Waals surface area contributed by atoms with Crippen molar-refractivity contribution in [2.75, 3.05) is 32.8 Å². The minimum absolute atomic E-state index is 0.187. The van der Waals surface area contributed by atoms with Crippen molar-refractivity contribution in [1.29, 1.82) is 0 Å². The van der Waals surface area contributed by atoms with Crippen molar-refractivity contribution in [3.05, 3.63) is 48.0 Å². The van der Waals surface area contributed by atoms with E-state index in [-0.39, 0.29) is 31.4 Å². The summed E-state index contributed by atoms with van der Waals surface area (Å²) < 4.78 is 5.54. The molecule has 190 valence electrons. The number of hydrogen-bond acceptors (Lipinski definition) is 8. The number of aliphatic hydroxyl groups excluding tert-OH is 2. The van der Waals surface area contributed by atoms with Gasteiger partial charge in [0.25, 0.3) is 5.91 Å². The van der Waals surface area contributed by atoms with Crippen molar-refractivity contribution in [3.63, 3.8) is 0 Å². The number of H-pyrrole nitrogens is 1. The molecule has 2 aromatic heterocycles. The number of amides is 1. The number of hydrogen-bond donors (Lipinski definition) is 3. The summed E-state index contributed by atoms with van der Waals surface area (Å²) in [7, 11) is 0. The minimum Gasteiger partial charge on any atom is -0.462 e. The van der Waals surface area contributed by atoms with Gasteiger partial charge in [0.2, 0.25) is 0 Å². The van der Waals surface area contributed by atoms with Crippen LogP contribution in [0.25, 0.3) is 0 Å². The molecule has 2 aromatic rings. The van der Waals surface area contributed by atoms with E-state index in [1.54, 1.807) is 17.2 Å². The molecular weight excluding hydrogens is 450 g/mol. The molecule has 3 N–H and O–H groups in total. The summed E-state index contributed by atoms with van der Waals surface area (Å²) in [6.45, 7) is 2.77. The number of rotatable bonds is 3. The number of nitrogens with zero attached hydrogens (tertiary/aromatic N) is 4. The van der Waals surface area contributed by atoms with Crippen LogP contribution >= 0.6 is 0 Å². The maximum atomic E-state index is 13.2. The first kappa shape index (κ1) is 25.3. The van der Waals surface area contributed by atoms with E-state index < -0.39 is 17.6 Å². The van der Waals surface area contributed by atoms with Crippen LogP contribution in [-0.2, 0) is 16.1 Å². The minimum atomic E-state index is -1.20. The molecule has 35 heavy (non-hydrogen) atoms. The van der Waals surface area contributed by atoms with E-state index >= 15 is 0 Å². The second kappa shape index (κ2) is 11.7. The number of nitrogens with one attached hydrogen (secondary N) is 1. The van der Waals surface area contributed by atoms with Crippen LogP contribution < -0.4 is 0 Å². The predicted octanol–water partition coefficient (Wildman–Crippen LogP) is 1.37. The summed E-state index contributed by atoms with van der Waals surface area (Å²) in [5.74, 6) is -0.491. The van der Waals surface area contributed by atoms with Gasteiger partial charge in [-0.15, -0.1) is 0 Å². The van der Waals surface area contributed by atoms with Crippen molar-refractivity contribution in [3.8, 4) is 0 Å². The summed E-state index contributed by atoms with van der Waals surface area (Å²) >= 11 is 0. The Bertz CT molecular complexity index is 946. The van der Waals surface area contributed by atoms with Crippen LogP contribution in [0.4, 0.5) is 0 Å². The monoisotopic (exact) mass is 485 g/mol. The number of carbonyl (C=O) groups excluding carboxylic acids is 2. The van der Waals surface area contributed by atoms with Crippen molar-refractivity contribution in [2.24, 2.45) is 5.41 Å². The van der Waals surface area contributed by atoms with E-state index in [0.717, 1.165) is 38.2 Å². The Balaban J connectivity index is 1.42. The zero-order valence-electron chi connectivity index (χ0n) is 20.0. The van der Waals surface area contributed by atoms with Crippen molar-refractivity contribution >= 4 is 11.9 Å². The van der Waals surface area contributed by atoms with Gasteiger partial charge in [-0.2, -0.15) is 5.10 Å². The number of aromatic nitrogens is 3. The van der Waals surface area contributed by atoms with Crippen LogP contribution in [0, 0.1) is 5.41 Å². The molecule has 2 fully saturated rings. The van der Waals surface area contributed by atoms with Gasteiger partial charge < -0.3 is 19.8 Å². The second-order valence-electron chi connectivity index (χ2n) is 9.62. The molecular formula is C25H35N5O5. The normalized spacial score (nSPS) is 24.7. The van der Waals surface area contributed by atoms with Crippen molar-refractivity contribution in [1.82, 2.24) is 25.0 Å². The van der Waals surface area contributed by atoms with Gasteiger partial charge in [0, 0.05) is 32.0 Å². The Morgan fingerprint density at radius 1 is 1.06 bits per heavy atom. The molecule has 10 nitrogen and oxygen atoms in total. The van der Waals surface area contributed by atoms with E-state index in [9.17, 15) is 19.8 Å². The highest BCUT2D eigenvalue weighted by Gasteiger charge is 2.42. The lowest BCUT2D eigenvalue weighted by Crippen LogP contribution is -2.46. The number of likely N-dealkylation sites (tertiary alicyclic amines) is 1. The highest BCUT2D eigenvalue weighted by atomic mass is 16.5. The number of carbonyl (C=O) groups is 2. The smallest absolute Gasteiger partial charge is 0.312 e. The summed E-state index contributed by atoms with van der Waals surface area (Å²) in [4.78, 5) is 34.5. The summed E-state index contributed by atoms with van der Waals surface area (Å²) in [5, 5.41) is 27.4. The van der Waals surface area contributed by atoms with E-state index in [1.165, 1.54) is 6.20 Å². The molecule has 10 heteroatoms. The van der Waals surface area contributed by atoms with Crippen LogP contribution in [0.3, 0.4) is 0 Å². The Morgan fingerprint density at radius 2 is 1.89 bits per heavy atom. The topological polar surface area (TPSA) is 132 Å². The number of cyclic esters (lactones) is 1. The molecule has 2 atom stereocenters. The number of ether oxygens (including phenoxy) is 1. The highest BCUT2D eigenvalue weighted by Crippen LogP contribution is 2.38. The average molecular weight is 486 g/mol. The SMILES string of the molecule is O=C(c1ccn[nH]1)N1CCCCC2(CCN(Cc3ccccn3)CC2)C(=O)OC[C@@H](O)[C@@H](O)CC1. The van der Waals surface area contributed by atoms with Crippen molar-refractivity contribution in [2.45, 2.75) is 57.3 Å². The first-order valence-corrected chi connectivity index (χ1v) is 12.4. The van der Waals surface area contributed by atoms with Gasteiger partial charge in [0.15, 0.2) is 0 Å². The fraction of sp³-hybridized carbons (Fsp3) is 0.600. The lowest BCUT2D eigenvalue weighted by Gasteiger charge is -2.40. The summed E-state index contributed by atoms with van der Waals surface area (Å²) in [5.41, 5.74) is 0.761. The third kappa shape index (κ3) is 6.45. The zero-order chi connectivity index (χ0) is 24.7. The van der Waals surface area contributed by atoms with Crippen molar-refractivity contribution < 1.29 is 24.5 Å². The van der Waals surface area contributed by atoms with Gasteiger partial charge in [-0.3, -0.25) is 24.6 Å². The first-order chi connectivity index (χ1) is 17.0. The molecule has 0 aliphatic carbocycles. The lowest BCUT2D eigenvalue weighted by atomic mass is 9.74. The standard InChI is InChI=1S/C25H35N5O5/c31-21-7-14-30(23(33)20-6-12-27-28-20)13-4-2-8-25(24(34)35-18-22(21)32)9-15-29(16-10-25)17-19-5-1-3-11-26-19/h1,3,5-6,11-12,21-22,31-32H,2,4,7-10,13-18H2,(H,27,28)/t21-,22+/m0/s1. The predicted molar refractivity (Wildman–Crippen MR) is 127 cm³/mol. The Morgan fingerprint density at radius 3 is 2.60 bits per heavy atom. The molecule has 2 saturated heterocycles. The fourth-order valence-electron chi connectivity index (χ4n) is 4.95. The van der Waals surface area contributed by atoms with Gasteiger partial charge in [-0.25, -0.2) is 0 Å². The van der Waals surface area contributed by atoms with Gasteiger partial charge in [-0.1, -0.05) is 12.5 Å². The van der Waals surface area contributed by atoms with Crippen LogP contribution in [0.15, 0.2) is 36.7 Å². The molecule has 1 spiro atoms. The third-order valence-corrected chi connectivity index (χ3v) is 7.23. The number of piperidine rings is 1. The molecule has 0 saturated carbocycles. The van der Waals surface area contributed by atoms with Gasteiger partial charge in [-0.05, 0) is 63.4 Å². The molecule has 0 unspecified atom stereocenters. The Kier molecular flexibility index (Phi) is 8.48.